The van der Waals surface area contributed by atoms with E-state index < -0.39 is 11.9 Å². The summed E-state index contributed by atoms with van der Waals surface area (Å²) in [6, 6.07) is 11.0. The fourth-order valence-electron chi connectivity index (χ4n) is 1.98. The quantitative estimate of drug-likeness (QED) is 0.599. The van der Waals surface area contributed by atoms with Crippen molar-refractivity contribution >= 4 is 11.9 Å². The first-order valence-electron chi connectivity index (χ1n) is 7.30. The van der Waals surface area contributed by atoms with Crippen molar-refractivity contribution in [1.29, 1.82) is 0 Å². The Kier molecular flexibility index (Phi) is 5.78. The van der Waals surface area contributed by atoms with Gasteiger partial charge in [0.25, 0.3) is 0 Å². The zero-order valence-corrected chi connectivity index (χ0v) is 13.7. The van der Waals surface area contributed by atoms with Crippen LogP contribution in [0.2, 0.25) is 0 Å². The van der Waals surface area contributed by atoms with Crippen LogP contribution in [0.5, 0.6) is 17.2 Å². The summed E-state index contributed by atoms with van der Waals surface area (Å²) in [4.78, 5) is 23.9. The molecule has 126 valence electrons. The van der Waals surface area contributed by atoms with Crippen LogP contribution in [0.25, 0.3) is 0 Å². The molecule has 0 heterocycles. The maximum absolute atomic E-state index is 12.2. The van der Waals surface area contributed by atoms with Gasteiger partial charge in [0.1, 0.15) is 5.75 Å². The maximum Gasteiger partial charge on any atom is 0.343 e. The number of rotatable bonds is 6. The van der Waals surface area contributed by atoms with Crippen LogP contribution in [0.15, 0.2) is 42.5 Å². The van der Waals surface area contributed by atoms with E-state index in [1.54, 1.807) is 38.3 Å². The summed E-state index contributed by atoms with van der Waals surface area (Å²) in [6.07, 6.45) is 0. The smallest absolute Gasteiger partial charge is 0.343 e. The Morgan fingerprint density at radius 3 is 2.08 bits per heavy atom. The first kappa shape index (κ1) is 17.3. The third kappa shape index (κ3) is 4.04. The summed E-state index contributed by atoms with van der Waals surface area (Å²) in [5.74, 6) is 0.111. The highest BCUT2D eigenvalue weighted by molar-refractivity contribution is 5.93. The molecule has 0 fully saturated rings. The fourth-order valence-corrected chi connectivity index (χ4v) is 1.98. The third-order valence-corrected chi connectivity index (χ3v) is 3.20. The molecule has 0 saturated carbocycles. The number of esters is 2. The van der Waals surface area contributed by atoms with E-state index in [1.165, 1.54) is 25.3 Å². The van der Waals surface area contributed by atoms with Gasteiger partial charge in [0.05, 0.1) is 32.0 Å². The Morgan fingerprint density at radius 2 is 1.50 bits per heavy atom. The Balaban J connectivity index is 2.18. The molecule has 6 heteroatoms. The lowest BCUT2D eigenvalue weighted by molar-refractivity contribution is 0.0526. The van der Waals surface area contributed by atoms with Crippen LogP contribution in [0.4, 0.5) is 0 Å². The SMILES string of the molecule is CCOC(=O)c1ccc(OC(=O)c2ccc(OC)cc2)c(OC)c1. The van der Waals surface area contributed by atoms with Gasteiger partial charge in [-0.1, -0.05) is 0 Å². The molecule has 0 aliphatic carbocycles. The fraction of sp³-hybridized carbons (Fsp3) is 0.222. The zero-order chi connectivity index (χ0) is 17.5. The van der Waals surface area contributed by atoms with Crippen molar-refractivity contribution in [2.24, 2.45) is 0 Å². The molecular formula is C18H18O6. The van der Waals surface area contributed by atoms with Crippen molar-refractivity contribution in [1.82, 2.24) is 0 Å². The monoisotopic (exact) mass is 330 g/mol. The van der Waals surface area contributed by atoms with Gasteiger partial charge in [-0.3, -0.25) is 0 Å². The second-order valence-corrected chi connectivity index (χ2v) is 4.70. The molecular weight excluding hydrogens is 312 g/mol. The first-order valence-corrected chi connectivity index (χ1v) is 7.30. The molecule has 6 nitrogen and oxygen atoms in total. The van der Waals surface area contributed by atoms with Gasteiger partial charge in [0, 0.05) is 0 Å². The normalized spacial score (nSPS) is 9.96. The first-order chi connectivity index (χ1) is 11.6. The predicted octanol–water partition coefficient (Wildman–Crippen LogP) is 3.10. The Labute approximate surface area is 139 Å². The van der Waals surface area contributed by atoms with Gasteiger partial charge in [0.2, 0.25) is 0 Å². The number of ether oxygens (including phenoxy) is 4. The minimum absolute atomic E-state index is 0.214. The standard InChI is InChI=1S/C18H18O6/c1-4-23-17(19)13-7-10-15(16(11-13)22-3)24-18(20)12-5-8-14(21-2)9-6-12/h5-11H,4H2,1-3H3. The van der Waals surface area contributed by atoms with Crippen molar-refractivity contribution in [3.8, 4) is 17.2 Å². The minimum Gasteiger partial charge on any atom is -0.497 e. The van der Waals surface area contributed by atoms with E-state index in [-0.39, 0.29) is 18.1 Å². The molecule has 0 unspecified atom stereocenters. The molecule has 0 amide bonds. The van der Waals surface area contributed by atoms with Crippen molar-refractivity contribution in [2.45, 2.75) is 6.92 Å². The molecule has 2 rings (SSSR count). The molecule has 0 aliphatic heterocycles. The van der Waals surface area contributed by atoms with Crippen LogP contribution in [0.1, 0.15) is 27.6 Å². The van der Waals surface area contributed by atoms with E-state index >= 15 is 0 Å². The molecule has 0 N–H and O–H groups in total. The van der Waals surface area contributed by atoms with Gasteiger partial charge in [-0.25, -0.2) is 9.59 Å². The predicted molar refractivity (Wildman–Crippen MR) is 86.9 cm³/mol. The lowest BCUT2D eigenvalue weighted by Crippen LogP contribution is -2.10. The summed E-state index contributed by atoms with van der Waals surface area (Å²) < 4.78 is 20.5. The summed E-state index contributed by atoms with van der Waals surface area (Å²) in [5.41, 5.74) is 0.685. The summed E-state index contributed by atoms with van der Waals surface area (Å²) >= 11 is 0. The second-order valence-electron chi connectivity index (χ2n) is 4.70. The Bertz CT molecular complexity index is 721. The highest BCUT2D eigenvalue weighted by atomic mass is 16.6. The zero-order valence-electron chi connectivity index (χ0n) is 13.7. The summed E-state index contributed by atoms with van der Waals surface area (Å²) in [5, 5.41) is 0. The van der Waals surface area contributed by atoms with Gasteiger partial charge in [-0.2, -0.15) is 0 Å². The lowest BCUT2D eigenvalue weighted by Gasteiger charge is -2.11. The topological polar surface area (TPSA) is 71.1 Å². The van der Waals surface area contributed by atoms with E-state index in [9.17, 15) is 9.59 Å². The van der Waals surface area contributed by atoms with Crippen molar-refractivity contribution in [3.05, 3.63) is 53.6 Å². The molecule has 0 aromatic heterocycles. The van der Waals surface area contributed by atoms with Crippen LogP contribution in [-0.2, 0) is 4.74 Å². The average molecular weight is 330 g/mol. The van der Waals surface area contributed by atoms with Gasteiger partial charge in [-0.05, 0) is 49.4 Å². The molecule has 24 heavy (non-hydrogen) atoms. The summed E-state index contributed by atoms with van der Waals surface area (Å²) in [6.45, 7) is 2.00. The molecule has 0 atom stereocenters. The molecule has 0 radical (unpaired) electrons. The Hall–Kier alpha value is -3.02. The molecule has 0 bridgehead atoms. The van der Waals surface area contributed by atoms with Crippen molar-refractivity contribution in [2.75, 3.05) is 20.8 Å². The highest BCUT2D eigenvalue weighted by Gasteiger charge is 2.15. The third-order valence-electron chi connectivity index (χ3n) is 3.20. The minimum atomic E-state index is -0.542. The average Bonchev–Trinajstić information content (AvgIpc) is 2.62. The van der Waals surface area contributed by atoms with Gasteiger partial charge >= 0.3 is 11.9 Å². The summed E-state index contributed by atoms with van der Waals surface area (Å²) in [7, 11) is 2.97. The number of benzene rings is 2. The van der Waals surface area contributed by atoms with Gasteiger partial charge in [-0.15, -0.1) is 0 Å². The van der Waals surface area contributed by atoms with E-state index in [0.717, 1.165) is 0 Å². The van der Waals surface area contributed by atoms with Crippen molar-refractivity contribution in [3.63, 3.8) is 0 Å². The lowest BCUT2D eigenvalue weighted by atomic mass is 10.2. The van der Waals surface area contributed by atoms with E-state index in [1.807, 2.05) is 0 Å². The molecule has 2 aromatic rings. The van der Waals surface area contributed by atoms with Crippen LogP contribution >= 0.6 is 0 Å². The maximum atomic E-state index is 12.2. The Morgan fingerprint density at radius 1 is 0.833 bits per heavy atom. The van der Waals surface area contributed by atoms with Crippen LogP contribution in [-0.4, -0.2) is 32.8 Å². The number of hydrogen-bond acceptors (Lipinski definition) is 6. The van der Waals surface area contributed by atoms with E-state index in [2.05, 4.69) is 0 Å². The largest absolute Gasteiger partial charge is 0.497 e. The van der Waals surface area contributed by atoms with Crippen LogP contribution < -0.4 is 14.2 Å². The van der Waals surface area contributed by atoms with E-state index in [4.69, 9.17) is 18.9 Å². The number of methoxy groups -OCH3 is 2. The molecule has 0 spiro atoms. The van der Waals surface area contributed by atoms with Gasteiger partial charge in [0.15, 0.2) is 11.5 Å². The molecule has 2 aromatic carbocycles. The number of carbonyl (C=O) groups is 2. The van der Waals surface area contributed by atoms with Crippen molar-refractivity contribution < 1.29 is 28.5 Å². The van der Waals surface area contributed by atoms with E-state index in [0.29, 0.717) is 16.9 Å². The number of hydrogen-bond donors (Lipinski definition) is 0. The molecule has 0 aliphatic rings. The van der Waals surface area contributed by atoms with Crippen LogP contribution in [0, 0.1) is 0 Å². The second kappa shape index (κ2) is 8.01. The van der Waals surface area contributed by atoms with Gasteiger partial charge < -0.3 is 18.9 Å². The number of carbonyl (C=O) groups excluding carboxylic acids is 2. The van der Waals surface area contributed by atoms with Crippen LogP contribution in [0.3, 0.4) is 0 Å². The highest BCUT2D eigenvalue weighted by Crippen LogP contribution is 2.29. The molecule has 0 saturated heterocycles.